The molecule has 0 saturated carbocycles. The van der Waals surface area contributed by atoms with Crippen molar-refractivity contribution < 1.29 is 8.95 Å². The van der Waals surface area contributed by atoms with Crippen LogP contribution >= 0.6 is 0 Å². The Labute approximate surface area is 98.7 Å². The Kier molecular flexibility index (Phi) is 5.48. The Balaban J connectivity index is 2.47. The van der Waals surface area contributed by atoms with Gasteiger partial charge in [0.2, 0.25) is 5.95 Å². The van der Waals surface area contributed by atoms with Gasteiger partial charge in [-0.15, -0.1) is 0 Å². The molecule has 0 spiro atoms. The van der Waals surface area contributed by atoms with E-state index in [9.17, 15) is 4.21 Å². The molecule has 0 amide bonds. The van der Waals surface area contributed by atoms with Crippen LogP contribution in [0.1, 0.15) is 6.92 Å². The first-order valence-electron chi connectivity index (χ1n) is 5.21. The second-order valence-electron chi connectivity index (χ2n) is 3.63. The zero-order valence-corrected chi connectivity index (χ0v) is 10.8. The van der Waals surface area contributed by atoms with Crippen molar-refractivity contribution in [3.8, 4) is 0 Å². The molecule has 92 valence electrons. The van der Waals surface area contributed by atoms with Crippen LogP contribution < -0.4 is 5.32 Å². The van der Waals surface area contributed by atoms with Crippen molar-refractivity contribution in [2.45, 2.75) is 18.7 Å². The van der Waals surface area contributed by atoms with Gasteiger partial charge >= 0.3 is 0 Å². The van der Waals surface area contributed by atoms with E-state index >= 15 is 0 Å². The summed E-state index contributed by atoms with van der Waals surface area (Å²) in [7, 11) is 0.865. The van der Waals surface area contributed by atoms with E-state index < -0.39 is 10.8 Å². The minimum Gasteiger partial charge on any atom is -0.383 e. The molecule has 0 fully saturated rings. The fourth-order valence-corrected chi connectivity index (χ4v) is 1.52. The molecule has 0 saturated heterocycles. The number of rotatable bonds is 7. The van der Waals surface area contributed by atoms with Crippen molar-refractivity contribution >= 4 is 16.7 Å². The first-order valence-corrected chi connectivity index (χ1v) is 6.83. The van der Waals surface area contributed by atoms with Crippen molar-refractivity contribution in [1.29, 1.82) is 0 Å². The summed E-state index contributed by atoms with van der Waals surface area (Å²) in [5.41, 5.74) is 0. The molecule has 1 heterocycles. The SMILES string of the molecule is COCCn1ccnc1NCC(C)S(C)=O. The van der Waals surface area contributed by atoms with Crippen LogP contribution in [-0.4, -0.2) is 45.5 Å². The third kappa shape index (κ3) is 3.94. The second-order valence-corrected chi connectivity index (χ2v) is 5.43. The number of methoxy groups -OCH3 is 1. The maximum absolute atomic E-state index is 11.2. The summed E-state index contributed by atoms with van der Waals surface area (Å²) in [5, 5.41) is 3.30. The van der Waals surface area contributed by atoms with Gasteiger partial charge in [-0.25, -0.2) is 4.98 Å². The average molecular weight is 245 g/mol. The van der Waals surface area contributed by atoms with Crippen LogP contribution in [0.3, 0.4) is 0 Å². The van der Waals surface area contributed by atoms with Gasteiger partial charge in [-0.3, -0.25) is 4.21 Å². The van der Waals surface area contributed by atoms with E-state index in [-0.39, 0.29) is 5.25 Å². The highest BCUT2D eigenvalue weighted by Crippen LogP contribution is 2.05. The Morgan fingerprint density at radius 3 is 3.06 bits per heavy atom. The number of anilines is 1. The Morgan fingerprint density at radius 2 is 2.44 bits per heavy atom. The standard InChI is InChI=1S/C10H19N3O2S/c1-9(16(3)14)8-12-10-11-4-5-13(10)6-7-15-2/h4-5,9H,6-8H2,1-3H3,(H,11,12). The van der Waals surface area contributed by atoms with Gasteiger partial charge in [0.15, 0.2) is 0 Å². The molecule has 5 nitrogen and oxygen atoms in total. The summed E-state index contributed by atoms with van der Waals surface area (Å²) >= 11 is 0. The molecule has 2 unspecified atom stereocenters. The fourth-order valence-electron chi connectivity index (χ4n) is 1.20. The van der Waals surface area contributed by atoms with Crippen LogP contribution in [0.2, 0.25) is 0 Å². The lowest BCUT2D eigenvalue weighted by molar-refractivity contribution is 0.187. The molecule has 16 heavy (non-hydrogen) atoms. The number of imidazole rings is 1. The number of hydrogen-bond acceptors (Lipinski definition) is 4. The molecule has 0 aromatic carbocycles. The topological polar surface area (TPSA) is 56.1 Å². The van der Waals surface area contributed by atoms with E-state index in [4.69, 9.17) is 4.74 Å². The molecule has 6 heteroatoms. The summed E-state index contributed by atoms with van der Waals surface area (Å²) < 4.78 is 18.2. The summed E-state index contributed by atoms with van der Waals surface area (Å²) in [6, 6.07) is 0. The van der Waals surface area contributed by atoms with Crippen LogP contribution in [0, 0.1) is 0 Å². The van der Waals surface area contributed by atoms with E-state index in [1.54, 1.807) is 19.6 Å². The van der Waals surface area contributed by atoms with Crippen molar-refractivity contribution in [1.82, 2.24) is 9.55 Å². The first kappa shape index (κ1) is 13.2. The number of ether oxygens (including phenoxy) is 1. The first-order chi connectivity index (χ1) is 7.65. The Morgan fingerprint density at radius 1 is 1.69 bits per heavy atom. The minimum atomic E-state index is -0.808. The lowest BCUT2D eigenvalue weighted by Crippen LogP contribution is -2.22. The Bertz CT molecular complexity index is 341. The smallest absolute Gasteiger partial charge is 0.202 e. The predicted octanol–water partition coefficient (Wildman–Crippen LogP) is 0.708. The van der Waals surface area contributed by atoms with Crippen LogP contribution in [0.15, 0.2) is 12.4 Å². The zero-order chi connectivity index (χ0) is 12.0. The highest BCUT2D eigenvalue weighted by atomic mass is 32.2. The summed E-state index contributed by atoms with van der Waals surface area (Å²) in [5.74, 6) is 0.800. The molecule has 0 aliphatic rings. The Hall–Kier alpha value is -0.880. The molecule has 1 N–H and O–H groups in total. The van der Waals surface area contributed by atoms with Gasteiger partial charge in [0.05, 0.1) is 6.61 Å². The zero-order valence-electron chi connectivity index (χ0n) is 9.97. The van der Waals surface area contributed by atoms with Gasteiger partial charge in [0.1, 0.15) is 0 Å². The summed E-state index contributed by atoms with van der Waals surface area (Å²) in [6.45, 7) is 4.03. The lowest BCUT2D eigenvalue weighted by Gasteiger charge is -2.12. The quantitative estimate of drug-likeness (QED) is 0.768. The maximum atomic E-state index is 11.2. The van der Waals surface area contributed by atoms with Crippen LogP contribution in [0.5, 0.6) is 0 Å². The van der Waals surface area contributed by atoms with Crippen LogP contribution in [-0.2, 0) is 22.1 Å². The number of nitrogens with zero attached hydrogens (tertiary/aromatic N) is 2. The number of hydrogen-bond donors (Lipinski definition) is 1. The van der Waals surface area contributed by atoms with Crippen LogP contribution in [0.4, 0.5) is 5.95 Å². The molecular formula is C10H19N3O2S. The van der Waals surface area contributed by atoms with Gasteiger partial charge in [-0.05, 0) is 6.92 Å². The molecule has 1 aromatic rings. The van der Waals surface area contributed by atoms with Crippen molar-refractivity contribution in [2.75, 3.05) is 31.8 Å². The van der Waals surface area contributed by atoms with Gasteiger partial charge in [-0.2, -0.15) is 0 Å². The maximum Gasteiger partial charge on any atom is 0.202 e. The normalized spacial score (nSPS) is 14.7. The van der Waals surface area contributed by atoms with E-state index in [2.05, 4.69) is 10.3 Å². The van der Waals surface area contributed by atoms with Crippen molar-refractivity contribution in [2.24, 2.45) is 0 Å². The third-order valence-corrected chi connectivity index (χ3v) is 3.67. The molecule has 0 aliphatic heterocycles. The predicted molar refractivity (Wildman–Crippen MR) is 66.1 cm³/mol. The van der Waals surface area contributed by atoms with Gasteiger partial charge < -0.3 is 14.6 Å². The van der Waals surface area contributed by atoms with Crippen molar-refractivity contribution in [3.05, 3.63) is 12.4 Å². The van der Waals surface area contributed by atoms with E-state index in [0.29, 0.717) is 13.2 Å². The fraction of sp³-hybridized carbons (Fsp3) is 0.700. The summed E-state index contributed by atoms with van der Waals surface area (Å²) in [4.78, 5) is 4.20. The van der Waals surface area contributed by atoms with Crippen LogP contribution in [0.25, 0.3) is 0 Å². The molecule has 1 aromatic heterocycles. The molecule has 2 atom stereocenters. The van der Waals surface area contributed by atoms with Gasteiger partial charge in [0.25, 0.3) is 0 Å². The number of aromatic nitrogens is 2. The largest absolute Gasteiger partial charge is 0.383 e. The second kappa shape index (κ2) is 6.65. The molecule has 1 rings (SSSR count). The van der Waals surface area contributed by atoms with E-state index in [1.165, 1.54) is 0 Å². The van der Waals surface area contributed by atoms with E-state index in [0.717, 1.165) is 12.5 Å². The number of nitrogens with one attached hydrogen (secondary N) is 1. The molecule has 0 radical (unpaired) electrons. The monoisotopic (exact) mass is 245 g/mol. The molecular weight excluding hydrogens is 226 g/mol. The average Bonchev–Trinajstić information content (AvgIpc) is 2.70. The van der Waals surface area contributed by atoms with Crippen molar-refractivity contribution in [3.63, 3.8) is 0 Å². The molecule has 0 bridgehead atoms. The molecule has 0 aliphatic carbocycles. The minimum absolute atomic E-state index is 0.118. The lowest BCUT2D eigenvalue weighted by atomic mass is 10.5. The summed E-state index contributed by atoms with van der Waals surface area (Å²) in [6.07, 6.45) is 5.35. The van der Waals surface area contributed by atoms with E-state index in [1.807, 2.05) is 17.7 Å². The van der Waals surface area contributed by atoms with Gasteiger partial charge in [0, 0.05) is 54.9 Å². The highest BCUT2D eigenvalue weighted by molar-refractivity contribution is 7.84. The highest BCUT2D eigenvalue weighted by Gasteiger charge is 2.07. The van der Waals surface area contributed by atoms with Gasteiger partial charge in [-0.1, -0.05) is 0 Å². The third-order valence-electron chi connectivity index (χ3n) is 2.37.